The summed E-state index contributed by atoms with van der Waals surface area (Å²) in [5.41, 5.74) is 0.605. The van der Waals surface area contributed by atoms with Crippen molar-refractivity contribution in [1.82, 2.24) is 14.8 Å². The first kappa shape index (κ1) is 15.5. The summed E-state index contributed by atoms with van der Waals surface area (Å²) >= 11 is 5.95. The first-order valence-corrected chi connectivity index (χ1v) is 8.25. The molecule has 0 unspecified atom stereocenters. The molecule has 4 nitrogen and oxygen atoms in total. The minimum Gasteiger partial charge on any atom is -0.389 e. The third-order valence-electron chi connectivity index (χ3n) is 5.11. The van der Waals surface area contributed by atoms with Crippen LogP contribution in [0.5, 0.6) is 0 Å². The van der Waals surface area contributed by atoms with E-state index in [9.17, 15) is 5.11 Å². The van der Waals surface area contributed by atoms with Gasteiger partial charge in [0.2, 0.25) is 0 Å². The van der Waals surface area contributed by atoms with Gasteiger partial charge in [-0.2, -0.15) is 5.10 Å². The van der Waals surface area contributed by atoms with Crippen LogP contribution in [0, 0.1) is 11.8 Å². The average molecular weight is 320 g/mol. The van der Waals surface area contributed by atoms with Crippen molar-refractivity contribution < 1.29 is 5.11 Å². The largest absolute Gasteiger partial charge is 0.389 e. The molecule has 1 heterocycles. The average Bonchev–Trinajstić information content (AvgIpc) is 3.12. The van der Waals surface area contributed by atoms with Gasteiger partial charge in [-0.05, 0) is 55.2 Å². The predicted octanol–water partition coefficient (Wildman–Crippen LogP) is 3.34. The van der Waals surface area contributed by atoms with Gasteiger partial charge < -0.3 is 5.11 Å². The summed E-state index contributed by atoms with van der Waals surface area (Å²) < 4.78 is 1.79. The van der Waals surface area contributed by atoms with E-state index in [2.05, 4.69) is 29.1 Å². The molecule has 1 aliphatic rings. The molecule has 0 spiro atoms. The maximum Gasteiger partial charge on any atom is 0.137 e. The van der Waals surface area contributed by atoms with Crippen molar-refractivity contribution in [1.29, 1.82) is 0 Å². The topological polar surface area (TPSA) is 50.9 Å². The molecule has 22 heavy (non-hydrogen) atoms. The molecule has 0 radical (unpaired) electrons. The molecule has 0 saturated heterocycles. The quantitative estimate of drug-likeness (QED) is 0.919. The molecule has 1 fully saturated rings. The number of aliphatic hydroxyl groups is 1. The Balaban J connectivity index is 1.70. The molecule has 0 amide bonds. The zero-order valence-electron chi connectivity index (χ0n) is 12.8. The molecular weight excluding hydrogens is 298 g/mol. The molecule has 1 aromatic carbocycles. The molecule has 0 aliphatic heterocycles. The lowest BCUT2D eigenvalue weighted by Gasteiger charge is -2.34. The van der Waals surface area contributed by atoms with E-state index in [4.69, 9.17) is 11.6 Å². The second-order valence-electron chi connectivity index (χ2n) is 6.41. The lowest BCUT2D eigenvalue weighted by atomic mass is 9.79. The standard InChI is InChI=1S/C17H22ClN3O/c1-13-2-5-15(10-14-3-6-16(18)7-4-14)17(13,22)8-9-21-12-19-11-20-21/h3-4,6-7,11-13,15,22H,2,5,8-10H2,1H3/t13-,15+,17+/m1/s1. The van der Waals surface area contributed by atoms with Crippen molar-refractivity contribution >= 4 is 11.6 Å². The van der Waals surface area contributed by atoms with Crippen LogP contribution in [0.2, 0.25) is 5.02 Å². The van der Waals surface area contributed by atoms with Crippen LogP contribution in [0.25, 0.3) is 0 Å². The number of hydrogen-bond donors (Lipinski definition) is 1. The minimum atomic E-state index is -0.633. The van der Waals surface area contributed by atoms with Gasteiger partial charge in [-0.25, -0.2) is 4.98 Å². The van der Waals surface area contributed by atoms with Crippen LogP contribution in [-0.2, 0) is 13.0 Å². The van der Waals surface area contributed by atoms with E-state index in [0.29, 0.717) is 12.5 Å². The van der Waals surface area contributed by atoms with Gasteiger partial charge in [0, 0.05) is 11.6 Å². The van der Waals surface area contributed by atoms with E-state index < -0.39 is 5.60 Å². The summed E-state index contributed by atoms with van der Waals surface area (Å²) in [5, 5.41) is 16.1. The lowest BCUT2D eigenvalue weighted by Crippen LogP contribution is -2.40. The fourth-order valence-corrected chi connectivity index (χ4v) is 3.76. The van der Waals surface area contributed by atoms with Gasteiger partial charge in [0.1, 0.15) is 12.7 Å². The molecule has 5 heteroatoms. The Morgan fingerprint density at radius 1 is 1.32 bits per heavy atom. The molecule has 3 rings (SSSR count). The van der Waals surface area contributed by atoms with Gasteiger partial charge in [0.15, 0.2) is 0 Å². The summed E-state index contributed by atoms with van der Waals surface area (Å²) in [7, 11) is 0. The number of benzene rings is 1. The fourth-order valence-electron chi connectivity index (χ4n) is 3.63. The number of nitrogens with zero attached hydrogens (tertiary/aromatic N) is 3. The number of aromatic nitrogens is 3. The van der Waals surface area contributed by atoms with Gasteiger partial charge in [0.05, 0.1) is 5.60 Å². The van der Waals surface area contributed by atoms with Crippen LogP contribution in [0.1, 0.15) is 31.7 Å². The zero-order valence-corrected chi connectivity index (χ0v) is 13.6. The number of halogens is 1. The first-order chi connectivity index (χ1) is 10.6. The van der Waals surface area contributed by atoms with Crippen molar-refractivity contribution in [3.63, 3.8) is 0 Å². The molecule has 0 bridgehead atoms. The second-order valence-corrected chi connectivity index (χ2v) is 6.84. The summed E-state index contributed by atoms with van der Waals surface area (Å²) in [4.78, 5) is 3.96. The number of hydrogen-bond acceptors (Lipinski definition) is 3. The van der Waals surface area contributed by atoms with E-state index in [1.807, 2.05) is 12.1 Å². The highest BCUT2D eigenvalue weighted by molar-refractivity contribution is 6.30. The molecule has 1 N–H and O–H groups in total. The molecule has 1 saturated carbocycles. The van der Waals surface area contributed by atoms with E-state index in [1.165, 1.54) is 11.9 Å². The number of aryl methyl sites for hydroxylation is 1. The molecule has 2 aromatic rings. The highest BCUT2D eigenvalue weighted by Gasteiger charge is 2.45. The smallest absolute Gasteiger partial charge is 0.137 e. The monoisotopic (exact) mass is 319 g/mol. The Morgan fingerprint density at radius 2 is 2.09 bits per heavy atom. The highest BCUT2D eigenvalue weighted by Crippen LogP contribution is 2.44. The third-order valence-corrected chi connectivity index (χ3v) is 5.36. The maximum absolute atomic E-state index is 11.2. The Morgan fingerprint density at radius 3 is 2.77 bits per heavy atom. The Hall–Kier alpha value is -1.39. The van der Waals surface area contributed by atoms with E-state index >= 15 is 0 Å². The van der Waals surface area contributed by atoms with Gasteiger partial charge >= 0.3 is 0 Å². The van der Waals surface area contributed by atoms with Crippen LogP contribution < -0.4 is 0 Å². The third kappa shape index (κ3) is 3.18. The molecule has 3 atom stereocenters. The van der Waals surface area contributed by atoms with Crippen LogP contribution in [0.4, 0.5) is 0 Å². The van der Waals surface area contributed by atoms with Gasteiger partial charge in [-0.1, -0.05) is 30.7 Å². The van der Waals surface area contributed by atoms with E-state index in [-0.39, 0.29) is 5.92 Å². The summed E-state index contributed by atoms with van der Waals surface area (Å²) in [5.74, 6) is 0.598. The summed E-state index contributed by atoms with van der Waals surface area (Å²) in [6, 6.07) is 7.96. The summed E-state index contributed by atoms with van der Waals surface area (Å²) in [6.45, 7) is 2.86. The number of rotatable bonds is 5. The molecule has 118 valence electrons. The Labute approximate surface area is 136 Å². The highest BCUT2D eigenvalue weighted by atomic mass is 35.5. The Kier molecular flexibility index (Phi) is 4.50. The Bertz CT molecular complexity index is 599. The predicted molar refractivity (Wildman–Crippen MR) is 86.6 cm³/mol. The van der Waals surface area contributed by atoms with Gasteiger partial charge in [0.25, 0.3) is 0 Å². The van der Waals surface area contributed by atoms with Crippen molar-refractivity contribution in [2.24, 2.45) is 11.8 Å². The van der Waals surface area contributed by atoms with Crippen molar-refractivity contribution in [2.75, 3.05) is 0 Å². The van der Waals surface area contributed by atoms with Crippen LogP contribution in [0.3, 0.4) is 0 Å². The van der Waals surface area contributed by atoms with Crippen molar-refractivity contribution in [2.45, 2.75) is 44.8 Å². The zero-order chi connectivity index (χ0) is 15.6. The van der Waals surface area contributed by atoms with Crippen molar-refractivity contribution in [3.05, 3.63) is 47.5 Å². The molecule has 1 aromatic heterocycles. The van der Waals surface area contributed by atoms with Crippen molar-refractivity contribution in [3.8, 4) is 0 Å². The lowest BCUT2D eigenvalue weighted by molar-refractivity contribution is -0.0421. The first-order valence-electron chi connectivity index (χ1n) is 7.87. The van der Waals surface area contributed by atoms with Crippen LogP contribution in [0.15, 0.2) is 36.9 Å². The summed E-state index contributed by atoms with van der Waals surface area (Å²) in [6.07, 6.45) is 7.00. The second kappa shape index (κ2) is 6.39. The van der Waals surface area contributed by atoms with Crippen LogP contribution >= 0.6 is 11.6 Å². The minimum absolute atomic E-state index is 0.284. The van der Waals surface area contributed by atoms with E-state index in [0.717, 1.165) is 30.7 Å². The normalized spacial score (nSPS) is 28.1. The SMILES string of the molecule is C[C@@H]1CC[C@@H](Cc2ccc(Cl)cc2)[C@]1(O)CCn1cncn1. The van der Waals surface area contributed by atoms with Gasteiger partial charge in [-0.3, -0.25) is 4.68 Å². The van der Waals surface area contributed by atoms with E-state index in [1.54, 1.807) is 11.0 Å². The van der Waals surface area contributed by atoms with Gasteiger partial charge in [-0.15, -0.1) is 0 Å². The molecule has 1 aliphatic carbocycles. The maximum atomic E-state index is 11.2. The molecular formula is C17H22ClN3O. The fraction of sp³-hybridized carbons (Fsp3) is 0.529. The van der Waals surface area contributed by atoms with Crippen LogP contribution in [-0.4, -0.2) is 25.5 Å².